The lowest BCUT2D eigenvalue weighted by atomic mass is 9.91. The molecule has 1 fully saturated rings. The summed E-state index contributed by atoms with van der Waals surface area (Å²) in [7, 11) is 0. The van der Waals surface area contributed by atoms with Crippen molar-refractivity contribution in [1.29, 1.82) is 0 Å². The van der Waals surface area contributed by atoms with Gasteiger partial charge >= 0.3 is 5.63 Å². The molecular formula is C15H16O7. The van der Waals surface area contributed by atoms with Gasteiger partial charge in [0.25, 0.3) is 0 Å². The van der Waals surface area contributed by atoms with Crippen molar-refractivity contribution in [3.8, 4) is 0 Å². The second-order valence-corrected chi connectivity index (χ2v) is 5.28. The fraction of sp³-hybridized carbons (Fsp3) is 0.400. The highest BCUT2D eigenvalue weighted by molar-refractivity contribution is 5.76. The predicted octanol–water partition coefficient (Wildman–Crippen LogP) is -0.692. The molecule has 2 heterocycles. The second kappa shape index (κ2) is 5.79. The van der Waals surface area contributed by atoms with Crippen molar-refractivity contribution in [1.82, 2.24) is 0 Å². The number of hydrogen-bond donors (Lipinski definition) is 4. The van der Waals surface area contributed by atoms with Gasteiger partial charge in [-0.2, -0.15) is 0 Å². The lowest BCUT2D eigenvalue weighted by molar-refractivity contribution is -0.232. The van der Waals surface area contributed by atoms with Gasteiger partial charge in [0, 0.05) is 5.39 Å². The van der Waals surface area contributed by atoms with E-state index in [1.54, 1.807) is 24.3 Å². The highest BCUT2D eigenvalue weighted by Gasteiger charge is 2.45. The van der Waals surface area contributed by atoms with Crippen LogP contribution in [0.2, 0.25) is 0 Å². The van der Waals surface area contributed by atoms with E-state index in [-0.39, 0.29) is 5.56 Å². The van der Waals surface area contributed by atoms with Gasteiger partial charge in [-0.3, -0.25) is 0 Å². The number of benzene rings is 1. The summed E-state index contributed by atoms with van der Waals surface area (Å²) in [5.41, 5.74) is -0.292. The normalized spacial score (nSPS) is 32.3. The minimum atomic E-state index is -1.54. The molecule has 22 heavy (non-hydrogen) atoms. The van der Waals surface area contributed by atoms with E-state index in [1.165, 1.54) is 6.07 Å². The van der Waals surface area contributed by atoms with Gasteiger partial charge in [-0.1, -0.05) is 18.2 Å². The molecule has 7 nitrogen and oxygen atoms in total. The van der Waals surface area contributed by atoms with Crippen LogP contribution in [0.25, 0.3) is 11.0 Å². The average Bonchev–Trinajstić information content (AvgIpc) is 2.53. The van der Waals surface area contributed by atoms with E-state index >= 15 is 0 Å². The fourth-order valence-corrected chi connectivity index (χ4v) is 2.63. The van der Waals surface area contributed by atoms with Crippen LogP contribution in [0.4, 0.5) is 0 Å². The largest absolute Gasteiger partial charge is 0.422 e. The van der Waals surface area contributed by atoms with Crippen LogP contribution < -0.4 is 5.63 Å². The third-order valence-electron chi connectivity index (χ3n) is 3.87. The van der Waals surface area contributed by atoms with E-state index in [0.717, 1.165) is 0 Å². The van der Waals surface area contributed by atoms with Crippen molar-refractivity contribution >= 4 is 11.0 Å². The van der Waals surface area contributed by atoms with E-state index < -0.39 is 42.8 Å². The molecule has 0 amide bonds. The van der Waals surface area contributed by atoms with Crippen molar-refractivity contribution < 1.29 is 29.6 Å². The van der Waals surface area contributed by atoms with Crippen LogP contribution >= 0.6 is 0 Å². The highest BCUT2D eigenvalue weighted by atomic mass is 16.5. The Bertz CT molecular complexity index is 723. The highest BCUT2D eigenvalue weighted by Crippen LogP contribution is 2.31. The Balaban J connectivity index is 2.05. The molecule has 7 heteroatoms. The Labute approximate surface area is 125 Å². The summed E-state index contributed by atoms with van der Waals surface area (Å²) in [6.07, 6.45) is -6.79. The van der Waals surface area contributed by atoms with Crippen molar-refractivity contribution in [3.05, 3.63) is 46.3 Å². The summed E-state index contributed by atoms with van der Waals surface area (Å²) < 4.78 is 10.5. The van der Waals surface area contributed by atoms with Crippen LogP contribution in [-0.2, 0) is 4.74 Å². The lowest BCUT2D eigenvalue weighted by Gasteiger charge is -2.39. The van der Waals surface area contributed by atoms with Crippen molar-refractivity contribution in [2.45, 2.75) is 30.5 Å². The lowest BCUT2D eigenvalue weighted by Crippen LogP contribution is -2.55. The molecule has 0 unspecified atom stereocenters. The smallest absolute Gasteiger partial charge is 0.342 e. The molecule has 1 aromatic carbocycles. The molecule has 0 spiro atoms. The van der Waals surface area contributed by atoms with E-state index in [9.17, 15) is 25.2 Å². The van der Waals surface area contributed by atoms with Gasteiger partial charge in [0.2, 0.25) is 0 Å². The van der Waals surface area contributed by atoms with Crippen LogP contribution in [0.3, 0.4) is 0 Å². The third-order valence-corrected chi connectivity index (χ3v) is 3.87. The van der Waals surface area contributed by atoms with Crippen molar-refractivity contribution in [2.75, 3.05) is 6.61 Å². The van der Waals surface area contributed by atoms with Crippen LogP contribution in [-0.4, -0.2) is 51.4 Å². The number of ether oxygens (including phenoxy) is 1. The molecule has 1 aromatic heterocycles. The summed E-state index contributed by atoms with van der Waals surface area (Å²) in [5.74, 6) is 0. The number of aliphatic hydroxyl groups is 4. The minimum absolute atomic E-state index is 0.0237. The Kier molecular flexibility index (Phi) is 3.98. The van der Waals surface area contributed by atoms with Crippen molar-refractivity contribution in [2.24, 2.45) is 0 Å². The summed E-state index contributed by atoms with van der Waals surface area (Å²) in [5, 5.41) is 39.5. The fourth-order valence-electron chi connectivity index (χ4n) is 2.63. The molecule has 1 saturated heterocycles. The molecule has 118 valence electrons. The molecule has 2 aromatic rings. The zero-order valence-corrected chi connectivity index (χ0v) is 11.5. The number of hydrogen-bond acceptors (Lipinski definition) is 7. The standard InChI is InChI=1S/C15H16O7/c16-6-10-11(17)12(18)13(19)14(21-10)8-5-7-3-1-2-4-9(7)22-15(8)20/h1-5,10-14,16-19H,6H2/t10-,11-,12+,13-,14+/m1/s1. The topological polar surface area (TPSA) is 120 Å². The SMILES string of the molecule is O=c1oc2ccccc2cc1[C@@H]1O[C@H](CO)[C@@H](O)[C@H](O)[C@H]1O. The van der Waals surface area contributed by atoms with Gasteiger partial charge in [0.05, 0.1) is 12.2 Å². The number of aliphatic hydroxyl groups excluding tert-OH is 4. The van der Waals surface area contributed by atoms with Crippen molar-refractivity contribution in [3.63, 3.8) is 0 Å². The first kappa shape index (κ1) is 15.1. The third kappa shape index (κ3) is 2.43. The number of para-hydroxylation sites is 1. The van der Waals surface area contributed by atoms with E-state index in [4.69, 9.17) is 9.15 Å². The molecule has 1 aliphatic rings. The monoisotopic (exact) mass is 308 g/mol. The Hall–Kier alpha value is -1.77. The summed E-state index contributed by atoms with van der Waals surface area (Å²) in [6, 6.07) is 8.35. The molecular weight excluding hydrogens is 292 g/mol. The Morgan fingerprint density at radius 3 is 2.50 bits per heavy atom. The first-order valence-corrected chi connectivity index (χ1v) is 6.86. The molecule has 1 aliphatic heterocycles. The van der Waals surface area contributed by atoms with Crippen LogP contribution in [0.15, 0.2) is 39.5 Å². The average molecular weight is 308 g/mol. The molecule has 0 saturated carbocycles. The zero-order chi connectivity index (χ0) is 15.9. The maximum absolute atomic E-state index is 12.1. The summed E-state index contributed by atoms with van der Waals surface area (Å²) in [6.45, 7) is -0.555. The summed E-state index contributed by atoms with van der Waals surface area (Å²) in [4.78, 5) is 12.1. The minimum Gasteiger partial charge on any atom is -0.422 e. The van der Waals surface area contributed by atoms with Crippen LogP contribution in [0, 0.1) is 0 Å². The Morgan fingerprint density at radius 2 is 1.77 bits per heavy atom. The number of rotatable bonds is 2. The maximum atomic E-state index is 12.1. The Morgan fingerprint density at radius 1 is 1.05 bits per heavy atom. The number of fused-ring (bicyclic) bond motifs is 1. The van der Waals surface area contributed by atoms with Gasteiger partial charge in [-0.05, 0) is 12.1 Å². The zero-order valence-electron chi connectivity index (χ0n) is 11.5. The molecule has 0 bridgehead atoms. The molecule has 5 atom stereocenters. The van der Waals surface area contributed by atoms with E-state index in [0.29, 0.717) is 11.0 Å². The van der Waals surface area contributed by atoms with Crippen LogP contribution in [0.5, 0.6) is 0 Å². The van der Waals surface area contributed by atoms with Gasteiger partial charge in [0.15, 0.2) is 0 Å². The van der Waals surface area contributed by atoms with Gasteiger partial charge in [-0.25, -0.2) is 4.79 Å². The van der Waals surface area contributed by atoms with Gasteiger partial charge < -0.3 is 29.6 Å². The molecule has 0 radical (unpaired) electrons. The molecule has 3 rings (SSSR count). The van der Waals surface area contributed by atoms with Crippen LogP contribution in [0.1, 0.15) is 11.7 Å². The molecule has 0 aliphatic carbocycles. The van der Waals surface area contributed by atoms with Gasteiger partial charge in [-0.15, -0.1) is 0 Å². The first-order valence-electron chi connectivity index (χ1n) is 6.86. The second-order valence-electron chi connectivity index (χ2n) is 5.28. The summed E-state index contributed by atoms with van der Waals surface area (Å²) >= 11 is 0. The maximum Gasteiger partial charge on any atom is 0.342 e. The quantitative estimate of drug-likeness (QED) is 0.542. The van der Waals surface area contributed by atoms with Gasteiger partial charge in [0.1, 0.15) is 36.1 Å². The van der Waals surface area contributed by atoms with E-state index in [1.807, 2.05) is 0 Å². The van der Waals surface area contributed by atoms with E-state index in [2.05, 4.69) is 0 Å². The first-order chi connectivity index (χ1) is 10.5. The predicted molar refractivity (Wildman–Crippen MR) is 75.2 cm³/mol. The molecule has 4 N–H and O–H groups in total.